The molecule has 0 heterocycles. The van der Waals surface area contributed by atoms with E-state index in [-0.39, 0.29) is 12.7 Å². The van der Waals surface area contributed by atoms with Gasteiger partial charge in [0.05, 0.1) is 12.7 Å². The molecule has 7 heteroatoms. The monoisotopic (exact) mass is 355 g/mol. The Morgan fingerprint density at radius 1 is 1.24 bits per heavy atom. The molecular formula is C18H29NO6. The van der Waals surface area contributed by atoms with Crippen molar-refractivity contribution in [1.82, 2.24) is 5.06 Å². The number of ether oxygens (including phenoxy) is 1. The van der Waals surface area contributed by atoms with E-state index in [0.29, 0.717) is 12.8 Å². The lowest BCUT2D eigenvalue weighted by Gasteiger charge is -2.30. The molecule has 1 aliphatic rings. The summed E-state index contributed by atoms with van der Waals surface area (Å²) < 4.78 is 5.04. The van der Waals surface area contributed by atoms with Gasteiger partial charge in [-0.1, -0.05) is 31.8 Å². The molecule has 1 saturated carbocycles. The van der Waals surface area contributed by atoms with Crippen LogP contribution in [-0.2, 0) is 24.0 Å². The number of nitrogens with zero attached hydrogens (tertiary/aromatic N) is 1. The zero-order valence-corrected chi connectivity index (χ0v) is 14.9. The van der Waals surface area contributed by atoms with Gasteiger partial charge in [0.25, 0.3) is 0 Å². The van der Waals surface area contributed by atoms with Crippen LogP contribution >= 0.6 is 0 Å². The molecule has 1 aliphatic carbocycles. The van der Waals surface area contributed by atoms with E-state index in [0.717, 1.165) is 50.0 Å². The van der Waals surface area contributed by atoms with Crippen molar-refractivity contribution >= 4 is 17.8 Å². The summed E-state index contributed by atoms with van der Waals surface area (Å²) in [5.74, 6) is -3.49. The molecule has 0 aliphatic heterocycles. The maximum atomic E-state index is 12.3. The maximum Gasteiger partial charge on any atom is 0.396 e. The van der Waals surface area contributed by atoms with Crippen LogP contribution in [0.5, 0.6) is 0 Å². The van der Waals surface area contributed by atoms with Gasteiger partial charge in [0.2, 0.25) is 0 Å². The van der Waals surface area contributed by atoms with Crippen LogP contribution in [0.4, 0.5) is 0 Å². The van der Waals surface area contributed by atoms with Gasteiger partial charge in [0.15, 0.2) is 6.04 Å². The Morgan fingerprint density at radius 2 is 1.92 bits per heavy atom. The van der Waals surface area contributed by atoms with E-state index in [9.17, 15) is 14.4 Å². The van der Waals surface area contributed by atoms with Gasteiger partial charge in [0, 0.05) is 0 Å². The molecule has 1 fully saturated rings. The third kappa shape index (κ3) is 7.25. The molecule has 7 nitrogen and oxygen atoms in total. The van der Waals surface area contributed by atoms with Crippen LogP contribution in [0.1, 0.15) is 64.7 Å². The van der Waals surface area contributed by atoms with Crippen molar-refractivity contribution in [1.29, 1.82) is 0 Å². The third-order valence-corrected chi connectivity index (χ3v) is 4.18. The number of esters is 1. The molecule has 0 aromatic carbocycles. The molecule has 0 unspecified atom stereocenters. The second-order valence-electron chi connectivity index (χ2n) is 6.14. The molecule has 1 rings (SSSR count). The number of hydroxylamine groups is 2. The van der Waals surface area contributed by atoms with Gasteiger partial charge >= 0.3 is 17.8 Å². The Morgan fingerprint density at radius 3 is 2.48 bits per heavy atom. The lowest BCUT2D eigenvalue weighted by Crippen LogP contribution is -2.49. The molecule has 1 N–H and O–H groups in total. The molecule has 0 radical (unpaired) electrons. The van der Waals surface area contributed by atoms with Crippen LogP contribution in [0.15, 0.2) is 12.7 Å². The van der Waals surface area contributed by atoms with Crippen LogP contribution in [0.25, 0.3) is 0 Å². The van der Waals surface area contributed by atoms with Crippen LogP contribution in [-0.4, -0.2) is 46.8 Å². The predicted octanol–water partition coefficient (Wildman–Crippen LogP) is 2.84. The topological polar surface area (TPSA) is 93.1 Å². The molecule has 0 aromatic heterocycles. The molecule has 0 bridgehead atoms. The van der Waals surface area contributed by atoms with E-state index in [1.165, 1.54) is 0 Å². The van der Waals surface area contributed by atoms with E-state index < -0.39 is 23.9 Å². The normalized spacial score (nSPS) is 15.6. The van der Waals surface area contributed by atoms with Crippen molar-refractivity contribution in [3.63, 3.8) is 0 Å². The summed E-state index contributed by atoms with van der Waals surface area (Å²) in [5.41, 5.74) is 0. The molecule has 142 valence electrons. The fraction of sp³-hybridized carbons (Fsp3) is 0.722. The van der Waals surface area contributed by atoms with Crippen molar-refractivity contribution in [2.45, 2.75) is 76.9 Å². The highest BCUT2D eigenvalue weighted by Crippen LogP contribution is 2.24. The average molecular weight is 355 g/mol. The second kappa shape index (κ2) is 11.6. The molecule has 1 amide bonds. The Kier molecular flexibility index (Phi) is 9.84. The first kappa shape index (κ1) is 21.2. The third-order valence-electron chi connectivity index (χ3n) is 4.18. The Hall–Kier alpha value is -1.89. The van der Waals surface area contributed by atoms with Gasteiger partial charge in [-0.15, -0.1) is 6.58 Å². The lowest BCUT2D eigenvalue weighted by atomic mass is 10.1. The van der Waals surface area contributed by atoms with Crippen LogP contribution in [0.2, 0.25) is 0 Å². The zero-order valence-electron chi connectivity index (χ0n) is 14.9. The highest BCUT2D eigenvalue weighted by atomic mass is 16.7. The number of carbonyl (C=O) groups excluding carboxylic acids is 2. The first-order chi connectivity index (χ1) is 12.0. The summed E-state index contributed by atoms with van der Waals surface area (Å²) in [6, 6.07) is -1.03. The maximum absolute atomic E-state index is 12.3. The van der Waals surface area contributed by atoms with Gasteiger partial charge in [0.1, 0.15) is 0 Å². The summed E-state index contributed by atoms with van der Waals surface area (Å²) in [6.45, 7) is 5.49. The minimum absolute atomic E-state index is 0.157. The van der Waals surface area contributed by atoms with Gasteiger partial charge in [-0.2, -0.15) is 5.06 Å². The van der Waals surface area contributed by atoms with Crippen LogP contribution in [0.3, 0.4) is 0 Å². The fourth-order valence-corrected chi connectivity index (χ4v) is 2.88. The lowest BCUT2D eigenvalue weighted by molar-refractivity contribution is -0.227. The number of aliphatic carboxylic acids is 1. The van der Waals surface area contributed by atoms with Crippen molar-refractivity contribution in [2.24, 2.45) is 0 Å². The van der Waals surface area contributed by atoms with Gasteiger partial charge in [-0.05, 0) is 39.0 Å². The number of hydrogen-bond donors (Lipinski definition) is 1. The Bertz CT molecular complexity index is 458. The quantitative estimate of drug-likeness (QED) is 0.201. The summed E-state index contributed by atoms with van der Waals surface area (Å²) in [6.07, 6.45) is 8.63. The molecule has 0 saturated heterocycles. The highest BCUT2D eigenvalue weighted by Gasteiger charge is 2.37. The van der Waals surface area contributed by atoms with E-state index in [2.05, 4.69) is 6.58 Å². The Labute approximate surface area is 148 Å². The highest BCUT2D eigenvalue weighted by molar-refractivity contribution is 6.31. The van der Waals surface area contributed by atoms with Gasteiger partial charge in [-0.3, -0.25) is 9.63 Å². The van der Waals surface area contributed by atoms with E-state index in [1.54, 1.807) is 6.92 Å². The fourth-order valence-electron chi connectivity index (χ4n) is 2.88. The molecule has 25 heavy (non-hydrogen) atoms. The van der Waals surface area contributed by atoms with E-state index in [1.807, 2.05) is 6.08 Å². The molecule has 0 aromatic rings. The number of allylic oxidation sites excluding steroid dienone is 1. The average Bonchev–Trinajstić information content (AvgIpc) is 3.09. The number of rotatable bonds is 11. The molecule has 0 spiro atoms. The first-order valence-electron chi connectivity index (χ1n) is 9.02. The number of unbranched alkanes of at least 4 members (excludes halogenated alkanes) is 3. The number of carboxylic acids is 1. The van der Waals surface area contributed by atoms with Crippen molar-refractivity contribution < 1.29 is 29.1 Å². The standard InChI is InChI=1S/C18H29NO6/c1-3-5-6-7-8-13-15(18(23)24-4-2)19(16(20)17(21)22)25-14-11-9-10-12-14/h3,14-15H,1,4-13H2,2H3,(H,21,22)/t15-/m0/s1. The largest absolute Gasteiger partial charge is 0.474 e. The van der Waals surface area contributed by atoms with Crippen LogP contribution in [0, 0.1) is 0 Å². The number of carbonyl (C=O) groups is 3. The van der Waals surface area contributed by atoms with E-state index in [4.69, 9.17) is 14.7 Å². The van der Waals surface area contributed by atoms with Gasteiger partial charge in [-0.25, -0.2) is 9.59 Å². The Balaban J connectivity index is 2.83. The summed E-state index contributed by atoms with van der Waals surface area (Å²) in [5, 5.41) is 9.83. The van der Waals surface area contributed by atoms with Crippen molar-refractivity contribution in [2.75, 3.05) is 6.61 Å². The number of hydrogen-bond acceptors (Lipinski definition) is 5. The minimum atomic E-state index is -1.64. The molecule has 1 atom stereocenters. The SMILES string of the molecule is C=CCCCCC[C@@H](C(=O)OCC)N(OC1CCCC1)C(=O)C(=O)O. The van der Waals surface area contributed by atoms with E-state index >= 15 is 0 Å². The molecular weight excluding hydrogens is 326 g/mol. The summed E-state index contributed by atoms with van der Waals surface area (Å²) in [4.78, 5) is 41.2. The second-order valence-corrected chi connectivity index (χ2v) is 6.14. The number of amides is 1. The minimum Gasteiger partial charge on any atom is -0.474 e. The first-order valence-corrected chi connectivity index (χ1v) is 9.02. The predicted molar refractivity (Wildman–Crippen MR) is 91.5 cm³/mol. The van der Waals surface area contributed by atoms with Gasteiger partial charge < -0.3 is 9.84 Å². The zero-order chi connectivity index (χ0) is 18.7. The van der Waals surface area contributed by atoms with Crippen molar-refractivity contribution in [3.05, 3.63) is 12.7 Å². The smallest absolute Gasteiger partial charge is 0.396 e. The summed E-state index contributed by atoms with van der Waals surface area (Å²) >= 11 is 0. The van der Waals surface area contributed by atoms with Crippen molar-refractivity contribution in [3.8, 4) is 0 Å². The van der Waals surface area contributed by atoms with Crippen LogP contribution < -0.4 is 0 Å². The summed E-state index contributed by atoms with van der Waals surface area (Å²) in [7, 11) is 0. The number of carboxylic acid groups (broad SMARTS) is 1.